The third-order valence-electron chi connectivity index (χ3n) is 2.15. The lowest BCUT2D eigenvalue weighted by molar-refractivity contribution is -0.114. The van der Waals surface area contributed by atoms with Crippen LogP contribution in [-0.2, 0) is 20.5 Å². The molecule has 4 nitrogen and oxygen atoms in total. The maximum atomic E-state index is 11.6. The molecule has 0 fully saturated rings. The number of carbonyl (C=O) groups excluding carboxylic acids is 1. The van der Waals surface area contributed by atoms with Gasteiger partial charge in [-0.15, -0.1) is 0 Å². The van der Waals surface area contributed by atoms with Crippen LogP contribution < -0.4 is 0 Å². The van der Waals surface area contributed by atoms with Gasteiger partial charge in [0.1, 0.15) is 0 Å². The molecular weight excluding hydrogens is 239 g/mol. The lowest BCUT2D eigenvalue weighted by atomic mass is 10.2. The van der Waals surface area contributed by atoms with E-state index in [2.05, 4.69) is 0 Å². The van der Waals surface area contributed by atoms with E-state index in [0.717, 1.165) is 5.56 Å². The Hall–Kier alpha value is -0.960. The number of hydrogen-bond acceptors (Lipinski definition) is 3. The summed E-state index contributed by atoms with van der Waals surface area (Å²) in [5.41, 5.74) is 0.0440. The third-order valence-corrected chi connectivity index (χ3v) is 3.44. The van der Waals surface area contributed by atoms with Crippen molar-refractivity contribution in [2.75, 3.05) is 0 Å². The van der Waals surface area contributed by atoms with E-state index in [1.165, 1.54) is 0 Å². The van der Waals surface area contributed by atoms with E-state index in [0.29, 0.717) is 0 Å². The summed E-state index contributed by atoms with van der Waals surface area (Å²) in [6.07, 6.45) is 0.0581. The fourth-order valence-corrected chi connectivity index (χ4v) is 2.34. The topological polar surface area (TPSA) is 63.6 Å². The Morgan fingerprint density at radius 2 is 1.94 bits per heavy atom. The van der Waals surface area contributed by atoms with Gasteiger partial charge < -0.3 is 4.89 Å². The number of benzene rings is 1. The molecule has 0 saturated carbocycles. The van der Waals surface area contributed by atoms with Gasteiger partial charge in [-0.05, 0) is 11.5 Å². The van der Waals surface area contributed by atoms with E-state index < -0.39 is 13.1 Å². The van der Waals surface area contributed by atoms with Crippen LogP contribution in [0.1, 0.15) is 25.8 Å². The van der Waals surface area contributed by atoms with Crippen LogP contribution in [0.4, 0.5) is 0 Å². The van der Waals surface area contributed by atoms with Crippen LogP contribution >= 0.6 is 7.60 Å². The lowest BCUT2D eigenvalue weighted by Gasteiger charge is -2.12. The number of carbonyl (C=O) groups is 1. The molecule has 0 heterocycles. The van der Waals surface area contributed by atoms with Crippen molar-refractivity contribution in [1.82, 2.24) is 0 Å². The zero-order chi connectivity index (χ0) is 12.9. The van der Waals surface area contributed by atoms with Gasteiger partial charge in [0.2, 0.25) is 5.52 Å². The Balaban J connectivity index is 2.55. The van der Waals surface area contributed by atoms with Crippen LogP contribution in [0, 0.1) is 5.92 Å². The van der Waals surface area contributed by atoms with Gasteiger partial charge in [-0.1, -0.05) is 44.2 Å². The molecule has 0 saturated heterocycles. The molecule has 0 spiro atoms. The molecule has 1 rings (SSSR count). The summed E-state index contributed by atoms with van der Waals surface area (Å²) in [4.78, 5) is 20.9. The highest BCUT2D eigenvalue weighted by molar-refractivity contribution is 7.70. The van der Waals surface area contributed by atoms with Crippen molar-refractivity contribution in [3.8, 4) is 0 Å². The monoisotopic (exact) mass is 256 g/mol. The average molecular weight is 256 g/mol. The van der Waals surface area contributed by atoms with E-state index in [1.807, 2.05) is 19.9 Å². The summed E-state index contributed by atoms with van der Waals surface area (Å²) in [5, 5.41) is 0. The van der Waals surface area contributed by atoms with Crippen molar-refractivity contribution >= 4 is 13.1 Å². The second kappa shape index (κ2) is 6.10. The van der Waals surface area contributed by atoms with Gasteiger partial charge in [0, 0.05) is 6.42 Å². The van der Waals surface area contributed by atoms with Crippen LogP contribution in [0.3, 0.4) is 0 Å². The highest BCUT2D eigenvalue weighted by Gasteiger charge is 2.30. The van der Waals surface area contributed by atoms with Crippen LogP contribution in [0.5, 0.6) is 0 Å². The fraction of sp³-hybridized carbons (Fsp3) is 0.417. The molecule has 17 heavy (non-hydrogen) atoms. The van der Waals surface area contributed by atoms with Gasteiger partial charge in [0.05, 0.1) is 6.61 Å². The molecule has 1 aromatic carbocycles. The molecule has 0 aliphatic carbocycles. The molecule has 1 unspecified atom stereocenters. The molecule has 1 aromatic rings. The van der Waals surface area contributed by atoms with Crippen molar-refractivity contribution in [2.45, 2.75) is 26.9 Å². The molecule has 0 aromatic heterocycles. The van der Waals surface area contributed by atoms with Gasteiger partial charge >= 0.3 is 7.60 Å². The average Bonchev–Trinajstić information content (AvgIpc) is 2.27. The fourth-order valence-electron chi connectivity index (χ4n) is 1.27. The lowest BCUT2D eigenvalue weighted by Crippen LogP contribution is -2.06. The molecule has 0 aliphatic heterocycles. The Labute approximate surface area is 101 Å². The first-order chi connectivity index (χ1) is 7.92. The second-order valence-electron chi connectivity index (χ2n) is 4.27. The predicted molar refractivity (Wildman–Crippen MR) is 65.5 cm³/mol. The summed E-state index contributed by atoms with van der Waals surface area (Å²) < 4.78 is 16.4. The van der Waals surface area contributed by atoms with Crippen LogP contribution in [0.15, 0.2) is 30.3 Å². The summed E-state index contributed by atoms with van der Waals surface area (Å²) >= 11 is 0. The largest absolute Gasteiger partial charge is 0.394 e. The summed E-state index contributed by atoms with van der Waals surface area (Å²) in [7, 11) is -4.14. The van der Waals surface area contributed by atoms with Crippen molar-refractivity contribution < 1.29 is 18.8 Å². The highest BCUT2D eigenvalue weighted by atomic mass is 31.2. The minimum absolute atomic E-state index is 0.0293. The Morgan fingerprint density at radius 3 is 2.47 bits per heavy atom. The van der Waals surface area contributed by atoms with Gasteiger partial charge in [-0.3, -0.25) is 13.9 Å². The van der Waals surface area contributed by atoms with Crippen molar-refractivity contribution in [3.63, 3.8) is 0 Å². The molecular formula is C12H17O4P. The van der Waals surface area contributed by atoms with E-state index >= 15 is 0 Å². The van der Waals surface area contributed by atoms with Gasteiger partial charge in [0.25, 0.3) is 0 Å². The van der Waals surface area contributed by atoms with E-state index in [4.69, 9.17) is 4.52 Å². The summed E-state index contributed by atoms with van der Waals surface area (Å²) in [6, 6.07) is 8.99. The zero-order valence-corrected chi connectivity index (χ0v) is 10.9. The van der Waals surface area contributed by atoms with Gasteiger partial charge in [-0.25, -0.2) is 0 Å². The Morgan fingerprint density at radius 1 is 1.35 bits per heavy atom. The zero-order valence-electron chi connectivity index (χ0n) is 10.00. The second-order valence-corrected chi connectivity index (χ2v) is 6.07. The van der Waals surface area contributed by atoms with Crippen molar-refractivity contribution in [1.29, 1.82) is 0 Å². The molecule has 94 valence electrons. The molecule has 1 N–H and O–H groups in total. The molecule has 1 atom stereocenters. The maximum Gasteiger partial charge on any atom is 0.394 e. The molecule has 0 radical (unpaired) electrons. The quantitative estimate of drug-likeness (QED) is 0.795. The third kappa shape index (κ3) is 4.82. The molecule has 0 aliphatic rings. The normalized spacial score (nSPS) is 14.6. The van der Waals surface area contributed by atoms with Crippen molar-refractivity contribution in [3.05, 3.63) is 35.9 Å². The number of hydrogen-bond donors (Lipinski definition) is 1. The summed E-state index contributed by atoms with van der Waals surface area (Å²) in [6.45, 7) is 3.60. The van der Waals surface area contributed by atoms with Gasteiger partial charge in [-0.2, -0.15) is 0 Å². The minimum Gasteiger partial charge on any atom is -0.319 e. The van der Waals surface area contributed by atoms with E-state index in [-0.39, 0.29) is 18.9 Å². The molecule has 0 bridgehead atoms. The van der Waals surface area contributed by atoms with Crippen LogP contribution in [0.2, 0.25) is 0 Å². The maximum absolute atomic E-state index is 11.6. The van der Waals surface area contributed by atoms with Gasteiger partial charge in [0.15, 0.2) is 0 Å². The first-order valence-corrected chi connectivity index (χ1v) is 7.04. The Bertz CT molecular complexity index is 414. The smallest absolute Gasteiger partial charge is 0.319 e. The van der Waals surface area contributed by atoms with Crippen LogP contribution in [-0.4, -0.2) is 10.4 Å². The minimum atomic E-state index is -4.14. The van der Waals surface area contributed by atoms with Crippen molar-refractivity contribution in [2.24, 2.45) is 5.92 Å². The summed E-state index contributed by atoms with van der Waals surface area (Å²) in [5.74, 6) is 0.0447. The van der Waals surface area contributed by atoms with Crippen LogP contribution in [0.25, 0.3) is 0 Å². The molecule has 0 amide bonds. The standard InChI is InChI=1S/C12H17O4P/c1-10(2)8-12(13)17(14,15)16-9-11-6-4-3-5-7-11/h3-7,10H,8-9H2,1-2H3,(H,14,15). The Kier molecular flexibility index (Phi) is 5.06. The predicted octanol–water partition coefficient (Wildman–Crippen LogP) is 2.96. The first kappa shape index (κ1) is 14.1. The number of rotatable bonds is 6. The van der Waals surface area contributed by atoms with E-state index in [9.17, 15) is 14.3 Å². The molecule has 5 heteroatoms. The first-order valence-electron chi connectivity index (χ1n) is 5.46. The SMILES string of the molecule is CC(C)CC(=O)P(=O)(O)OCc1ccccc1. The highest BCUT2D eigenvalue weighted by Crippen LogP contribution is 2.45. The van der Waals surface area contributed by atoms with E-state index in [1.54, 1.807) is 24.3 Å².